The summed E-state index contributed by atoms with van der Waals surface area (Å²) in [5.41, 5.74) is 11.1. The molecular weight excluding hydrogens is 1610 g/mol. The first-order valence-corrected chi connectivity index (χ1v) is 41.5. The van der Waals surface area contributed by atoms with Gasteiger partial charge in [-0.1, -0.05) is 145 Å². The van der Waals surface area contributed by atoms with Crippen LogP contribution in [0, 0.1) is 36.2 Å². The van der Waals surface area contributed by atoms with Crippen molar-refractivity contribution in [2.24, 2.45) is 0 Å². The lowest BCUT2D eigenvalue weighted by Crippen LogP contribution is -2.32. The van der Waals surface area contributed by atoms with Crippen molar-refractivity contribution >= 4 is 112 Å². The number of nitrogens with two attached hydrogens (primary N) is 1. The molecule has 0 atom stereocenters. The number of nitro benzene ring substituents is 3. The van der Waals surface area contributed by atoms with Crippen LogP contribution in [0.15, 0.2) is 140 Å². The molecule has 0 bridgehead atoms. The van der Waals surface area contributed by atoms with Gasteiger partial charge in [0.25, 0.3) is 0 Å². The Balaban J connectivity index is 0.000000389. The van der Waals surface area contributed by atoms with Gasteiger partial charge < -0.3 is 83.7 Å². The van der Waals surface area contributed by atoms with Crippen molar-refractivity contribution in [2.45, 2.75) is 58.3 Å². The Kier molecular flexibility index (Phi) is 42.4. The van der Waals surface area contributed by atoms with Gasteiger partial charge in [0.1, 0.15) is 66.6 Å². The standard InChI is InChI=1S/C27H33ClN5O4P.C22H32NP.C11H15ClN2O4.C11H17N3O4.C7H5ClFNO3.C4H11NO/c1-7-26(34)30-21-14-18(22(36-4)16-23(21)37-13-12-33(2)3)15-25-29-17-19(28)27(32-25)31-20-10-8-9-11-24(20)38(5,6)35;1-21(2,3)24(22(4,5)6)20-16-12-10-14-18(20)17-13-9-11-15-19(17)23(7)8;2*1-13(2)4-5-18-10-7-11(17-3)9(14(15)16)6-8(10)12;1-13-7-3-5(9)4(8)2-6(7)10(11)12;1-5(2)3-4-6/h7-11,14,16-17H,1,12-13,15H2,2-6H3,(H,30,34)(H,29,31,32);9-16H,1-8H3;6-7H,4-5H2,1-3H3;6-7H,4-5,12H2,1-3H3;2-3H,1H3;6H,3-4H2,1-2H3. The maximum atomic E-state index is 12.8. The molecule has 0 radical (unpaired) electrons. The number of nitro groups is 3. The van der Waals surface area contributed by atoms with Crippen LogP contribution in [0.4, 0.5) is 50.0 Å². The van der Waals surface area contributed by atoms with E-state index in [1.54, 1.807) is 32.6 Å². The van der Waals surface area contributed by atoms with E-state index in [4.69, 9.17) is 74.1 Å². The number of amides is 1. The van der Waals surface area contributed by atoms with E-state index >= 15 is 0 Å². The molecule has 1 amide bonds. The van der Waals surface area contributed by atoms with Gasteiger partial charge in [-0.15, -0.1) is 0 Å². The van der Waals surface area contributed by atoms with Crippen LogP contribution < -0.4 is 65.0 Å². The molecule has 7 aromatic carbocycles. The van der Waals surface area contributed by atoms with Crippen LogP contribution >= 0.6 is 49.9 Å². The molecule has 8 rings (SSSR count). The lowest BCUT2D eigenvalue weighted by atomic mass is 10.0. The number of para-hydroxylation sites is 2. The van der Waals surface area contributed by atoms with Gasteiger partial charge in [-0.05, 0) is 121 Å². The Morgan fingerprint density at radius 1 is 0.590 bits per heavy atom. The molecule has 0 spiro atoms. The number of ether oxygens (including phenoxy) is 7. The van der Waals surface area contributed by atoms with E-state index in [0.717, 1.165) is 37.3 Å². The summed E-state index contributed by atoms with van der Waals surface area (Å²) in [6, 6.07) is 35.7. The molecule has 8 aromatic rings. The highest BCUT2D eigenvalue weighted by molar-refractivity contribution is 7.70. The first-order valence-electron chi connectivity index (χ1n) is 36.4. The normalized spacial score (nSPS) is 11.0. The SMILES string of the molecule is C=CC(=O)Nc1cc(Cc2ncc(Cl)c(Nc3ccccc3P(C)(C)=O)n2)c(OC)cc1OCCN(C)C.CN(C)CCO.CN(C)c1ccccc1-c1ccccc1P(C(C)(C)C)C(C)(C)C.COc1cc(F)c(Cl)cc1[N+](=O)[O-].COc1cc(OCCN(C)C)c(Cl)cc1[N+](=O)[O-].COc1cc(OCCN(C)C)c(N)cc1[N+](=O)[O-]. The second-order valence-corrected chi connectivity index (χ2v) is 37.6. The monoisotopic (exact) mass is 1720 g/mol. The predicted molar refractivity (Wildman–Crippen MR) is 474 cm³/mol. The molecule has 35 heteroatoms. The summed E-state index contributed by atoms with van der Waals surface area (Å²) in [5.74, 6) is 1.65. The maximum Gasteiger partial charge on any atom is 0.313 e. The molecule has 117 heavy (non-hydrogen) atoms. The number of carbonyl (C=O) groups is 1. The number of aromatic nitrogens is 2. The van der Waals surface area contributed by atoms with Crippen LogP contribution in [-0.4, -0.2) is 231 Å². The number of anilines is 5. The second kappa shape index (κ2) is 48.9. The average molecular weight is 1720 g/mol. The molecule has 0 saturated heterocycles. The van der Waals surface area contributed by atoms with E-state index in [9.17, 15) is 44.1 Å². The number of rotatable bonds is 31. The zero-order valence-corrected chi connectivity index (χ0v) is 74.9. The summed E-state index contributed by atoms with van der Waals surface area (Å²) >= 11 is 17.7. The van der Waals surface area contributed by atoms with E-state index in [2.05, 4.69) is 141 Å². The van der Waals surface area contributed by atoms with Crippen molar-refractivity contribution in [3.8, 4) is 51.4 Å². The van der Waals surface area contributed by atoms with Crippen LogP contribution in [0.1, 0.15) is 52.9 Å². The molecular formula is C82H113Cl3FN13O16P2. The van der Waals surface area contributed by atoms with Gasteiger partial charge in [0.2, 0.25) is 17.4 Å². The quantitative estimate of drug-likeness (QED) is 0.0103. The van der Waals surface area contributed by atoms with Crippen LogP contribution in [-0.2, 0) is 15.8 Å². The van der Waals surface area contributed by atoms with E-state index < -0.39 is 27.7 Å². The van der Waals surface area contributed by atoms with Gasteiger partial charge in [0.05, 0.1) is 83.1 Å². The average Bonchev–Trinajstić information content (AvgIpc) is 0.765. The third-order valence-electron chi connectivity index (χ3n) is 16.2. The number of halogens is 4. The maximum absolute atomic E-state index is 12.8. The van der Waals surface area contributed by atoms with Gasteiger partial charge >= 0.3 is 17.1 Å². The number of nitrogens with zero attached hydrogens (tertiary/aromatic N) is 10. The molecule has 1 aromatic heterocycles. The van der Waals surface area contributed by atoms with Crippen molar-refractivity contribution in [2.75, 3.05) is 186 Å². The number of nitrogens with one attached hydrogen (secondary N) is 2. The summed E-state index contributed by atoms with van der Waals surface area (Å²) in [7, 11) is 22.3. The van der Waals surface area contributed by atoms with Crippen molar-refractivity contribution in [3.63, 3.8) is 0 Å². The van der Waals surface area contributed by atoms with E-state index in [0.29, 0.717) is 82.7 Å². The zero-order chi connectivity index (χ0) is 88.4. The van der Waals surface area contributed by atoms with Gasteiger partial charge in [0.15, 0.2) is 11.6 Å². The first-order chi connectivity index (χ1) is 54.8. The fourth-order valence-electron chi connectivity index (χ4n) is 11.0. The highest BCUT2D eigenvalue weighted by Crippen LogP contribution is 2.60. The number of hydrogen-bond donors (Lipinski definition) is 4. The lowest BCUT2D eigenvalue weighted by Gasteiger charge is -2.43. The summed E-state index contributed by atoms with van der Waals surface area (Å²) in [4.78, 5) is 61.3. The molecule has 0 aliphatic carbocycles. The highest BCUT2D eigenvalue weighted by Gasteiger charge is 2.37. The van der Waals surface area contributed by atoms with Crippen LogP contribution in [0.2, 0.25) is 15.1 Å². The number of nitrogen functional groups attached to an aromatic ring is 1. The van der Waals surface area contributed by atoms with Crippen molar-refractivity contribution < 1.29 is 66.8 Å². The lowest BCUT2D eigenvalue weighted by molar-refractivity contribution is -0.385. The molecule has 640 valence electrons. The molecule has 0 saturated carbocycles. The molecule has 0 unspecified atom stereocenters. The molecule has 1 heterocycles. The van der Waals surface area contributed by atoms with Crippen LogP contribution in [0.25, 0.3) is 11.1 Å². The van der Waals surface area contributed by atoms with Gasteiger partial charge in [-0.2, -0.15) is 0 Å². The minimum absolute atomic E-state index is 0.129. The number of benzene rings is 7. The fourth-order valence-corrected chi connectivity index (χ4v) is 16.7. The largest absolute Gasteiger partial charge is 0.496 e. The fraction of sp³-hybridized carbons (Fsp3) is 0.402. The number of likely N-dealkylation sites (N-methyl/N-ethyl adjacent to an activating group) is 4. The van der Waals surface area contributed by atoms with Gasteiger partial charge in [-0.25, -0.2) is 14.4 Å². The molecule has 29 nitrogen and oxygen atoms in total. The Labute approximate surface area is 703 Å². The number of carbonyl (C=O) groups excluding carboxylic acids is 1. The molecule has 0 aliphatic heterocycles. The summed E-state index contributed by atoms with van der Waals surface area (Å²) in [5, 5.41) is 49.1. The topological polar surface area (TPSA) is 340 Å². The van der Waals surface area contributed by atoms with Gasteiger partial charge in [0, 0.05) is 111 Å². The third-order valence-corrected chi connectivity index (χ3v) is 22.1. The molecule has 0 fully saturated rings. The Hall–Kier alpha value is -9.71. The van der Waals surface area contributed by atoms with E-state index in [-0.39, 0.29) is 87.2 Å². The number of aliphatic hydroxyl groups excluding tert-OH is 1. The molecule has 5 N–H and O–H groups in total. The van der Waals surface area contributed by atoms with Crippen molar-refractivity contribution in [1.82, 2.24) is 29.6 Å². The van der Waals surface area contributed by atoms with Crippen molar-refractivity contribution in [3.05, 3.63) is 203 Å². The predicted octanol–water partition coefficient (Wildman–Crippen LogP) is 16.2. The van der Waals surface area contributed by atoms with Crippen molar-refractivity contribution in [1.29, 1.82) is 0 Å². The minimum atomic E-state index is -2.55. The Morgan fingerprint density at radius 3 is 1.50 bits per heavy atom. The minimum Gasteiger partial charge on any atom is -0.496 e. The summed E-state index contributed by atoms with van der Waals surface area (Å²) < 4.78 is 62.5. The number of hydrogen-bond acceptors (Lipinski definition) is 25. The van der Waals surface area contributed by atoms with Gasteiger partial charge in [-0.3, -0.25) is 35.1 Å². The smallest absolute Gasteiger partial charge is 0.313 e. The molecule has 0 aliphatic rings. The number of aliphatic hydroxyl groups is 1. The Morgan fingerprint density at radius 2 is 1.03 bits per heavy atom. The number of methoxy groups -OCH3 is 4. The summed E-state index contributed by atoms with van der Waals surface area (Å²) in [6.45, 7) is 25.7. The van der Waals surface area contributed by atoms with E-state index in [1.165, 1.54) is 80.0 Å². The summed E-state index contributed by atoms with van der Waals surface area (Å²) in [6.07, 6.45) is 2.99. The zero-order valence-electron chi connectivity index (χ0n) is 70.8. The second-order valence-electron chi connectivity index (χ2n) is 29.3. The van der Waals surface area contributed by atoms with E-state index in [1.807, 2.05) is 100 Å². The highest BCUT2D eigenvalue weighted by atomic mass is 35.5. The first kappa shape index (κ1) is 101. The Bertz CT molecular complexity index is 4530. The third kappa shape index (κ3) is 33.7. The van der Waals surface area contributed by atoms with Crippen LogP contribution in [0.5, 0.6) is 40.2 Å². The van der Waals surface area contributed by atoms with Crippen LogP contribution in [0.3, 0.4) is 0 Å².